The number of rotatable bonds is 12. The standard InChI is InChI=1S/C27H34ClN3O2/c1-5-6-12-24(32)18-30(17-20(2)3)19-26-21(4)29-31(23-10-8-7-9-11-23)27(26)33-25-15-13-22(28)14-16-25/h5,7-11,13-16,20,24,32H,1,6,12,17-19H2,2-4H3/t24-/m0/s1. The zero-order valence-corrected chi connectivity index (χ0v) is 20.5. The monoisotopic (exact) mass is 467 g/mol. The van der Waals surface area contributed by atoms with Gasteiger partial charge in [-0.25, -0.2) is 4.68 Å². The minimum Gasteiger partial charge on any atom is -0.439 e. The number of benzene rings is 2. The van der Waals surface area contributed by atoms with E-state index in [9.17, 15) is 5.11 Å². The van der Waals surface area contributed by atoms with E-state index in [1.807, 2.05) is 72.3 Å². The molecule has 0 unspecified atom stereocenters. The summed E-state index contributed by atoms with van der Waals surface area (Å²) < 4.78 is 8.23. The normalized spacial score (nSPS) is 12.3. The Kier molecular flexibility index (Phi) is 9.12. The average Bonchev–Trinajstić information content (AvgIpc) is 3.09. The number of halogens is 1. The number of nitrogens with zero attached hydrogens (tertiary/aromatic N) is 3. The highest BCUT2D eigenvalue weighted by atomic mass is 35.5. The molecule has 0 saturated carbocycles. The van der Waals surface area contributed by atoms with Crippen molar-refractivity contribution in [2.75, 3.05) is 13.1 Å². The van der Waals surface area contributed by atoms with Crippen LogP contribution in [0.25, 0.3) is 5.69 Å². The molecule has 176 valence electrons. The van der Waals surface area contributed by atoms with Gasteiger partial charge in [0.1, 0.15) is 5.75 Å². The Hall–Kier alpha value is -2.60. The van der Waals surface area contributed by atoms with Crippen molar-refractivity contribution in [2.24, 2.45) is 5.92 Å². The third-order valence-corrected chi connectivity index (χ3v) is 5.60. The molecule has 0 bridgehead atoms. The molecule has 1 atom stereocenters. The number of hydrogen-bond donors (Lipinski definition) is 1. The Labute approximate surface area is 202 Å². The summed E-state index contributed by atoms with van der Waals surface area (Å²) in [6.45, 7) is 12.2. The molecule has 0 fully saturated rings. The topological polar surface area (TPSA) is 50.5 Å². The van der Waals surface area contributed by atoms with Crippen LogP contribution in [-0.2, 0) is 6.54 Å². The van der Waals surface area contributed by atoms with Gasteiger partial charge in [-0.3, -0.25) is 4.90 Å². The van der Waals surface area contributed by atoms with Crippen molar-refractivity contribution < 1.29 is 9.84 Å². The Morgan fingerprint density at radius 1 is 1.12 bits per heavy atom. The fourth-order valence-corrected chi connectivity index (χ4v) is 3.95. The quantitative estimate of drug-likeness (QED) is 0.312. The third kappa shape index (κ3) is 7.19. The van der Waals surface area contributed by atoms with Crippen molar-refractivity contribution in [2.45, 2.75) is 46.3 Å². The first-order valence-electron chi connectivity index (χ1n) is 11.5. The van der Waals surface area contributed by atoms with Crippen LogP contribution in [-0.4, -0.2) is 39.0 Å². The molecule has 5 nitrogen and oxygen atoms in total. The Bertz CT molecular complexity index is 1020. The van der Waals surface area contributed by atoms with Gasteiger partial charge in [-0.15, -0.1) is 6.58 Å². The summed E-state index contributed by atoms with van der Waals surface area (Å²) in [5.41, 5.74) is 2.83. The van der Waals surface area contributed by atoms with Gasteiger partial charge in [0.15, 0.2) is 0 Å². The minimum atomic E-state index is -0.410. The largest absolute Gasteiger partial charge is 0.439 e. The number of ether oxygens (including phenoxy) is 1. The summed E-state index contributed by atoms with van der Waals surface area (Å²) in [4.78, 5) is 2.28. The van der Waals surface area contributed by atoms with Crippen LogP contribution in [0.15, 0.2) is 67.3 Å². The molecule has 0 amide bonds. The van der Waals surface area contributed by atoms with Crippen LogP contribution in [0.5, 0.6) is 11.6 Å². The highest BCUT2D eigenvalue weighted by Crippen LogP contribution is 2.32. The number of aromatic nitrogens is 2. The summed E-state index contributed by atoms with van der Waals surface area (Å²) in [6.07, 6.45) is 2.94. The van der Waals surface area contributed by atoms with Gasteiger partial charge in [0.05, 0.1) is 23.0 Å². The summed E-state index contributed by atoms with van der Waals surface area (Å²) in [5.74, 6) is 1.83. The minimum absolute atomic E-state index is 0.410. The molecule has 0 aliphatic rings. The molecule has 0 radical (unpaired) electrons. The van der Waals surface area contributed by atoms with Gasteiger partial charge >= 0.3 is 0 Å². The number of hydrogen-bond acceptors (Lipinski definition) is 4. The molecule has 33 heavy (non-hydrogen) atoms. The average molecular weight is 468 g/mol. The van der Waals surface area contributed by atoms with Crippen LogP contribution in [0.3, 0.4) is 0 Å². The predicted molar refractivity (Wildman–Crippen MR) is 135 cm³/mol. The maximum absolute atomic E-state index is 10.6. The highest BCUT2D eigenvalue weighted by Gasteiger charge is 2.23. The maximum Gasteiger partial charge on any atom is 0.227 e. The molecule has 3 aromatic rings. The highest BCUT2D eigenvalue weighted by molar-refractivity contribution is 6.30. The zero-order chi connectivity index (χ0) is 23.8. The zero-order valence-electron chi connectivity index (χ0n) is 19.7. The van der Waals surface area contributed by atoms with Crippen molar-refractivity contribution >= 4 is 11.6 Å². The summed E-state index contributed by atoms with van der Waals surface area (Å²) in [7, 11) is 0. The van der Waals surface area contributed by atoms with Crippen molar-refractivity contribution in [3.05, 3.63) is 83.5 Å². The van der Waals surface area contributed by atoms with Crippen molar-refractivity contribution in [1.29, 1.82) is 0 Å². The predicted octanol–water partition coefficient (Wildman–Crippen LogP) is 6.41. The lowest BCUT2D eigenvalue weighted by molar-refractivity contribution is 0.0952. The van der Waals surface area contributed by atoms with Gasteiger partial charge in [-0.05, 0) is 62.1 Å². The molecule has 0 aliphatic carbocycles. The first-order valence-corrected chi connectivity index (χ1v) is 11.8. The van der Waals surface area contributed by atoms with Gasteiger partial charge in [0.2, 0.25) is 5.88 Å². The van der Waals surface area contributed by atoms with E-state index in [-0.39, 0.29) is 0 Å². The Morgan fingerprint density at radius 2 is 1.82 bits per heavy atom. The van der Waals surface area contributed by atoms with E-state index < -0.39 is 6.10 Å². The fourth-order valence-electron chi connectivity index (χ4n) is 3.83. The Morgan fingerprint density at radius 3 is 2.45 bits per heavy atom. The lowest BCUT2D eigenvalue weighted by Crippen LogP contribution is -2.35. The van der Waals surface area contributed by atoms with Crippen LogP contribution in [0.4, 0.5) is 0 Å². The third-order valence-electron chi connectivity index (χ3n) is 5.34. The van der Waals surface area contributed by atoms with Crippen LogP contribution in [0.1, 0.15) is 37.9 Å². The molecule has 3 rings (SSSR count). The van der Waals surface area contributed by atoms with E-state index in [1.54, 1.807) is 0 Å². The van der Waals surface area contributed by atoms with Gasteiger partial charge in [0, 0.05) is 24.7 Å². The molecule has 1 N–H and O–H groups in total. The number of aliphatic hydroxyl groups excluding tert-OH is 1. The first kappa shape index (κ1) is 25.0. The number of allylic oxidation sites excluding steroid dienone is 1. The summed E-state index contributed by atoms with van der Waals surface area (Å²) in [6, 6.07) is 17.3. The number of aliphatic hydroxyl groups is 1. The van der Waals surface area contributed by atoms with Gasteiger partial charge in [-0.2, -0.15) is 5.10 Å². The van der Waals surface area contributed by atoms with Crippen molar-refractivity contribution in [1.82, 2.24) is 14.7 Å². The van der Waals surface area contributed by atoms with E-state index in [0.29, 0.717) is 42.1 Å². The lowest BCUT2D eigenvalue weighted by Gasteiger charge is -2.27. The van der Waals surface area contributed by atoms with E-state index in [1.165, 1.54) is 0 Å². The van der Waals surface area contributed by atoms with Crippen LogP contribution < -0.4 is 4.74 Å². The molecule has 0 spiro atoms. The molecule has 6 heteroatoms. The summed E-state index contributed by atoms with van der Waals surface area (Å²) in [5, 5.41) is 16.0. The molecule has 1 aromatic heterocycles. The molecule has 0 aliphatic heterocycles. The first-order chi connectivity index (χ1) is 15.9. The number of aryl methyl sites for hydroxylation is 1. The van der Waals surface area contributed by atoms with E-state index in [2.05, 4.69) is 25.3 Å². The van der Waals surface area contributed by atoms with E-state index in [4.69, 9.17) is 21.4 Å². The lowest BCUT2D eigenvalue weighted by atomic mass is 10.1. The van der Waals surface area contributed by atoms with Crippen LogP contribution >= 0.6 is 11.6 Å². The van der Waals surface area contributed by atoms with Gasteiger partial charge < -0.3 is 9.84 Å². The Balaban J connectivity index is 1.96. The fraction of sp³-hybridized carbons (Fsp3) is 0.370. The van der Waals surface area contributed by atoms with Gasteiger partial charge in [-0.1, -0.05) is 49.7 Å². The molecule has 1 heterocycles. The second kappa shape index (κ2) is 12.0. The van der Waals surface area contributed by atoms with Gasteiger partial charge in [0.25, 0.3) is 0 Å². The second-order valence-electron chi connectivity index (χ2n) is 8.78. The van der Waals surface area contributed by atoms with Crippen molar-refractivity contribution in [3.8, 4) is 17.3 Å². The second-order valence-corrected chi connectivity index (χ2v) is 9.22. The van der Waals surface area contributed by atoms with E-state index in [0.717, 1.165) is 29.9 Å². The summed E-state index contributed by atoms with van der Waals surface area (Å²) >= 11 is 6.07. The SMILES string of the molecule is C=CCC[C@H](O)CN(Cc1c(C)nn(-c2ccccc2)c1Oc1ccc(Cl)cc1)CC(C)C. The maximum atomic E-state index is 10.6. The van der Waals surface area contributed by atoms with Crippen LogP contribution in [0.2, 0.25) is 5.02 Å². The molecular formula is C27H34ClN3O2. The molecule has 2 aromatic carbocycles. The van der Waals surface area contributed by atoms with E-state index >= 15 is 0 Å². The molecule has 0 saturated heterocycles. The van der Waals surface area contributed by atoms with Crippen LogP contribution in [0, 0.1) is 12.8 Å². The smallest absolute Gasteiger partial charge is 0.227 e. The molecular weight excluding hydrogens is 434 g/mol. The van der Waals surface area contributed by atoms with Crippen molar-refractivity contribution in [3.63, 3.8) is 0 Å². The number of para-hydroxylation sites is 1.